The lowest BCUT2D eigenvalue weighted by atomic mass is 9.98. The Bertz CT molecular complexity index is 1120. The lowest BCUT2D eigenvalue weighted by Crippen LogP contribution is -2.25. The number of hydrogen-bond acceptors (Lipinski definition) is 3. The molecule has 0 saturated carbocycles. The van der Waals surface area contributed by atoms with Gasteiger partial charge in [-0.1, -0.05) is 30.3 Å². The van der Waals surface area contributed by atoms with Gasteiger partial charge in [-0.15, -0.1) is 0 Å². The van der Waals surface area contributed by atoms with E-state index in [0.29, 0.717) is 12.0 Å². The second-order valence-corrected chi connectivity index (χ2v) is 7.38. The molecule has 0 bridgehead atoms. The van der Waals surface area contributed by atoms with E-state index in [1.54, 1.807) is 29.2 Å². The maximum atomic E-state index is 13.2. The van der Waals surface area contributed by atoms with E-state index in [1.807, 2.05) is 24.3 Å². The maximum absolute atomic E-state index is 13.2. The summed E-state index contributed by atoms with van der Waals surface area (Å²) in [6.07, 6.45) is 1.44. The van der Waals surface area contributed by atoms with Crippen molar-refractivity contribution in [2.75, 3.05) is 11.4 Å². The molecule has 0 unspecified atom stereocenters. The van der Waals surface area contributed by atoms with E-state index in [9.17, 15) is 18.8 Å². The molecule has 1 N–H and O–H groups in total. The number of anilines is 1. The van der Waals surface area contributed by atoms with E-state index in [2.05, 4.69) is 5.32 Å². The van der Waals surface area contributed by atoms with Gasteiger partial charge in [-0.25, -0.2) is 4.39 Å². The predicted octanol–water partition coefficient (Wildman–Crippen LogP) is 4.11. The molecule has 3 aromatic carbocycles. The Morgan fingerprint density at radius 3 is 2.23 bits per heavy atom. The van der Waals surface area contributed by atoms with E-state index < -0.39 is 5.82 Å². The minimum atomic E-state index is -0.428. The van der Waals surface area contributed by atoms with E-state index in [0.717, 1.165) is 24.2 Å². The molecular weight excluding hydrogens is 395 g/mol. The van der Waals surface area contributed by atoms with Crippen molar-refractivity contribution in [2.24, 2.45) is 0 Å². The summed E-state index contributed by atoms with van der Waals surface area (Å²) in [7, 11) is 0. The van der Waals surface area contributed by atoms with Gasteiger partial charge in [0.1, 0.15) is 5.82 Å². The highest BCUT2D eigenvalue weighted by Gasteiger charge is 2.21. The average Bonchev–Trinajstić information content (AvgIpc) is 3.23. The molecule has 0 aromatic heterocycles. The third-order valence-corrected chi connectivity index (χ3v) is 5.30. The number of halogens is 1. The molecule has 3 aromatic rings. The zero-order valence-corrected chi connectivity index (χ0v) is 16.8. The van der Waals surface area contributed by atoms with Gasteiger partial charge in [0.25, 0.3) is 5.91 Å². The fraction of sp³-hybridized carbons (Fsp3) is 0.160. The summed E-state index contributed by atoms with van der Waals surface area (Å²) < 4.78 is 13.2. The first-order chi connectivity index (χ1) is 15.0. The lowest BCUT2D eigenvalue weighted by molar-refractivity contribution is -0.117. The Morgan fingerprint density at radius 2 is 1.58 bits per heavy atom. The molecule has 1 saturated heterocycles. The summed E-state index contributed by atoms with van der Waals surface area (Å²) in [5, 5.41) is 2.84. The minimum Gasteiger partial charge on any atom is -0.348 e. The maximum Gasteiger partial charge on any atom is 0.252 e. The first-order valence-corrected chi connectivity index (χ1v) is 10.1. The van der Waals surface area contributed by atoms with Crippen LogP contribution in [0.5, 0.6) is 0 Å². The molecular formula is C25H21FN2O3. The van der Waals surface area contributed by atoms with E-state index in [1.165, 1.54) is 24.3 Å². The van der Waals surface area contributed by atoms with E-state index >= 15 is 0 Å². The van der Waals surface area contributed by atoms with Crippen LogP contribution < -0.4 is 10.2 Å². The van der Waals surface area contributed by atoms with Gasteiger partial charge < -0.3 is 10.2 Å². The fourth-order valence-electron chi connectivity index (χ4n) is 3.63. The van der Waals surface area contributed by atoms with Crippen LogP contribution in [0.25, 0.3) is 0 Å². The third kappa shape index (κ3) is 4.53. The van der Waals surface area contributed by atoms with Crippen LogP contribution in [0.4, 0.5) is 10.1 Å². The normalized spacial score (nSPS) is 13.3. The van der Waals surface area contributed by atoms with Crippen molar-refractivity contribution in [2.45, 2.75) is 19.4 Å². The van der Waals surface area contributed by atoms with Crippen molar-refractivity contribution < 1.29 is 18.8 Å². The second kappa shape index (κ2) is 8.92. The van der Waals surface area contributed by atoms with Gasteiger partial charge >= 0.3 is 0 Å². The Labute approximate surface area is 179 Å². The van der Waals surface area contributed by atoms with Crippen LogP contribution >= 0.6 is 0 Å². The molecule has 0 radical (unpaired) electrons. The second-order valence-electron chi connectivity index (χ2n) is 7.38. The highest BCUT2D eigenvalue weighted by atomic mass is 19.1. The summed E-state index contributed by atoms with van der Waals surface area (Å²) in [5.74, 6) is -1.01. The van der Waals surface area contributed by atoms with Crippen molar-refractivity contribution in [3.05, 3.63) is 101 Å². The first kappa shape index (κ1) is 20.5. The molecule has 2 amide bonds. The molecule has 1 heterocycles. The molecule has 0 spiro atoms. The van der Waals surface area contributed by atoms with Gasteiger partial charge in [0.2, 0.25) is 5.91 Å². The number of nitrogens with zero attached hydrogens (tertiary/aromatic N) is 1. The topological polar surface area (TPSA) is 66.5 Å². The average molecular weight is 416 g/mol. The number of hydrogen-bond donors (Lipinski definition) is 1. The Kier molecular flexibility index (Phi) is 5.89. The van der Waals surface area contributed by atoms with Crippen LogP contribution in [0.15, 0.2) is 72.8 Å². The monoisotopic (exact) mass is 416 g/mol. The third-order valence-electron chi connectivity index (χ3n) is 5.30. The number of carbonyl (C=O) groups excluding carboxylic acids is 3. The summed E-state index contributed by atoms with van der Waals surface area (Å²) in [6, 6.07) is 19.3. The van der Waals surface area contributed by atoms with Crippen molar-refractivity contribution in [1.82, 2.24) is 5.32 Å². The molecule has 4 rings (SSSR count). The summed E-state index contributed by atoms with van der Waals surface area (Å²) in [4.78, 5) is 39.2. The zero-order valence-electron chi connectivity index (χ0n) is 16.8. The van der Waals surface area contributed by atoms with Crippen molar-refractivity contribution in [1.29, 1.82) is 0 Å². The molecule has 0 aliphatic carbocycles. The van der Waals surface area contributed by atoms with E-state index in [-0.39, 0.29) is 35.3 Å². The van der Waals surface area contributed by atoms with Gasteiger partial charge in [-0.05, 0) is 54.4 Å². The van der Waals surface area contributed by atoms with Gasteiger partial charge in [-0.2, -0.15) is 0 Å². The molecule has 31 heavy (non-hydrogen) atoms. The fourth-order valence-corrected chi connectivity index (χ4v) is 3.63. The SMILES string of the molecule is O=C(NCc1ccc(N2CCCC2=O)cc1)c1ccccc1C(=O)c1ccc(F)cc1. The quantitative estimate of drug-likeness (QED) is 0.615. The summed E-state index contributed by atoms with van der Waals surface area (Å²) in [5.41, 5.74) is 2.57. The first-order valence-electron chi connectivity index (χ1n) is 10.1. The highest BCUT2D eigenvalue weighted by Crippen LogP contribution is 2.22. The predicted molar refractivity (Wildman–Crippen MR) is 115 cm³/mol. The molecule has 0 atom stereocenters. The van der Waals surface area contributed by atoms with Crippen LogP contribution in [0.1, 0.15) is 44.7 Å². The molecule has 156 valence electrons. The van der Waals surface area contributed by atoms with Crippen LogP contribution in [-0.2, 0) is 11.3 Å². The molecule has 1 aliphatic rings. The largest absolute Gasteiger partial charge is 0.348 e. The number of nitrogens with one attached hydrogen (secondary N) is 1. The molecule has 5 nitrogen and oxygen atoms in total. The van der Waals surface area contributed by atoms with Crippen LogP contribution in [0.2, 0.25) is 0 Å². The summed E-state index contributed by atoms with van der Waals surface area (Å²) in [6.45, 7) is 1.01. The number of benzene rings is 3. The van der Waals surface area contributed by atoms with E-state index in [4.69, 9.17) is 0 Å². The van der Waals surface area contributed by atoms with Gasteiger partial charge in [0.15, 0.2) is 5.78 Å². The van der Waals surface area contributed by atoms with Crippen molar-refractivity contribution in [3.8, 4) is 0 Å². The number of ketones is 1. The number of carbonyl (C=O) groups is 3. The van der Waals surface area contributed by atoms with Gasteiger partial charge in [-0.3, -0.25) is 14.4 Å². The Morgan fingerprint density at radius 1 is 0.903 bits per heavy atom. The zero-order chi connectivity index (χ0) is 21.8. The van der Waals surface area contributed by atoms with Crippen LogP contribution in [-0.4, -0.2) is 24.1 Å². The van der Waals surface area contributed by atoms with Gasteiger partial charge in [0.05, 0.1) is 5.56 Å². The molecule has 6 heteroatoms. The number of amides is 2. The standard InChI is InChI=1S/C25H21FN2O3/c26-19-11-9-18(10-12-19)24(30)21-4-1-2-5-22(21)25(31)27-16-17-7-13-20(14-8-17)28-15-3-6-23(28)29/h1-2,4-5,7-14H,3,6,15-16H2,(H,27,31). The van der Waals surface area contributed by atoms with Crippen molar-refractivity contribution in [3.63, 3.8) is 0 Å². The smallest absolute Gasteiger partial charge is 0.252 e. The molecule has 1 fully saturated rings. The van der Waals surface area contributed by atoms with Gasteiger partial charge in [0, 0.05) is 36.3 Å². The lowest BCUT2D eigenvalue weighted by Gasteiger charge is -2.16. The minimum absolute atomic E-state index is 0.128. The van der Waals surface area contributed by atoms with Crippen molar-refractivity contribution >= 4 is 23.3 Å². The van der Waals surface area contributed by atoms with Crippen LogP contribution in [0, 0.1) is 5.82 Å². The number of rotatable bonds is 6. The van der Waals surface area contributed by atoms with Crippen LogP contribution in [0.3, 0.4) is 0 Å². The highest BCUT2D eigenvalue weighted by molar-refractivity contribution is 6.15. The Balaban J connectivity index is 1.45. The molecule has 1 aliphatic heterocycles. The Hall–Kier alpha value is -3.80. The summed E-state index contributed by atoms with van der Waals surface area (Å²) >= 11 is 0.